The van der Waals surface area contributed by atoms with E-state index in [-0.39, 0.29) is 12.0 Å². The van der Waals surface area contributed by atoms with E-state index in [1.165, 1.54) is 16.7 Å². The first-order chi connectivity index (χ1) is 9.61. The van der Waals surface area contributed by atoms with Gasteiger partial charge in [-0.05, 0) is 19.4 Å². The van der Waals surface area contributed by atoms with Gasteiger partial charge in [-0.3, -0.25) is 0 Å². The minimum absolute atomic E-state index is 0.0134. The third kappa shape index (κ3) is 2.88. The van der Waals surface area contributed by atoms with E-state index in [4.69, 9.17) is 4.52 Å². The molecule has 5 heteroatoms. The Morgan fingerprint density at radius 3 is 2.65 bits per heavy atom. The van der Waals surface area contributed by atoms with Crippen LogP contribution in [0, 0.1) is 13.8 Å². The van der Waals surface area contributed by atoms with Crippen LogP contribution in [0.3, 0.4) is 0 Å². The van der Waals surface area contributed by atoms with Crippen molar-refractivity contribution in [2.24, 2.45) is 0 Å². The van der Waals surface area contributed by atoms with Gasteiger partial charge in [0.05, 0.1) is 12.0 Å². The maximum Gasteiger partial charge on any atom is 0.233 e. The molecule has 3 rings (SSSR count). The number of thioether (sulfide) groups is 1. The number of benzene rings is 1. The van der Waals surface area contributed by atoms with Gasteiger partial charge >= 0.3 is 0 Å². The molecule has 2 heterocycles. The van der Waals surface area contributed by atoms with Crippen LogP contribution in [-0.4, -0.2) is 32.9 Å². The predicted molar refractivity (Wildman–Crippen MR) is 79.1 cm³/mol. The highest BCUT2D eigenvalue weighted by atomic mass is 32.2. The van der Waals surface area contributed by atoms with Crippen LogP contribution in [0.15, 0.2) is 22.7 Å². The molecule has 0 spiro atoms. The molecule has 0 amide bonds. The molecule has 2 atom stereocenters. The number of rotatable bonds is 3. The molecule has 2 unspecified atom stereocenters. The molecule has 1 N–H and O–H groups in total. The number of hydrogen-bond acceptors (Lipinski definition) is 5. The van der Waals surface area contributed by atoms with Crippen molar-refractivity contribution in [2.45, 2.75) is 32.3 Å². The molecule has 1 aliphatic rings. The number of aliphatic hydroxyl groups excluding tert-OH is 1. The van der Waals surface area contributed by atoms with Crippen molar-refractivity contribution in [1.29, 1.82) is 0 Å². The second-order valence-electron chi connectivity index (χ2n) is 5.43. The number of hydrogen-bond donors (Lipinski definition) is 1. The molecular formula is C15H18N2O2S. The Labute approximate surface area is 122 Å². The van der Waals surface area contributed by atoms with E-state index in [0.29, 0.717) is 18.1 Å². The molecule has 1 saturated heterocycles. The first kappa shape index (κ1) is 13.6. The van der Waals surface area contributed by atoms with E-state index in [2.05, 4.69) is 42.2 Å². The van der Waals surface area contributed by atoms with Gasteiger partial charge < -0.3 is 9.63 Å². The van der Waals surface area contributed by atoms with Crippen LogP contribution in [0.2, 0.25) is 0 Å². The molecule has 2 aromatic rings. The van der Waals surface area contributed by atoms with Crippen LogP contribution >= 0.6 is 11.8 Å². The summed E-state index contributed by atoms with van der Waals surface area (Å²) in [5.41, 5.74) is 3.67. The molecule has 1 aromatic carbocycles. The monoisotopic (exact) mass is 290 g/mol. The van der Waals surface area contributed by atoms with Gasteiger partial charge in [-0.1, -0.05) is 34.5 Å². The molecular weight excluding hydrogens is 272 g/mol. The summed E-state index contributed by atoms with van der Waals surface area (Å²) in [5, 5.41) is 13.9. The van der Waals surface area contributed by atoms with Crippen LogP contribution in [0.5, 0.6) is 0 Å². The van der Waals surface area contributed by atoms with E-state index in [9.17, 15) is 5.11 Å². The zero-order valence-corrected chi connectivity index (χ0v) is 12.5. The van der Waals surface area contributed by atoms with E-state index in [0.717, 1.165) is 11.5 Å². The first-order valence-electron chi connectivity index (χ1n) is 6.77. The minimum Gasteiger partial charge on any atom is -0.391 e. The summed E-state index contributed by atoms with van der Waals surface area (Å²) < 4.78 is 5.32. The summed E-state index contributed by atoms with van der Waals surface area (Å²) in [6.45, 7) is 4.18. The lowest BCUT2D eigenvalue weighted by atomic mass is 10.0. The second kappa shape index (κ2) is 5.58. The molecule has 4 nitrogen and oxygen atoms in total. The van der Waals surface area contributed by atoms with Crippen molar-refractivity contribution in [2.75, 3.05) is 11.5 Å². The minimum atomic E-state index is -0.366. The highest BCUT2D eigenvalue weighted by molar-refractivity contribution is 7.99. The van der Waals surface area contributed by atoms with Crippen molar-refractivity contribution in [1.82, 2.24) is 10.1 Å². The van der Waals surface area contributed by atoms with Crippen LogP contribution in [0.25, 0.3) is 0 Å². The summed E-state index contributed by atoms with van der Waals surface area (Å²) in [6.07, 6.45) is 0.302. The molecule has 106 valence electrons. The average Bonchev–Trinajstić information content (AvgIpc) is 2.96. The number of nitrogens with zero attached hydrogens (tertiary/aromatic N) is 2. The standard InChI is InChI=1S/C15H18N2O2S/c1-9-3-10(2)5-11(4-9)6-14-16-15(19-17-14)12-7-20-8-13(12)18/h3-5,12-13,18H,6-8H2,1-2H3. The van der Waals surface area contributed by atoms with Crippen molar-refractivity contribution in [3.05, 3.63) is 46.6 Å². The lowest BCUT2D eigenvalue weighted by Gasteiger charge is -2.06. The Bertz CT molecular complexity index is 591. The van der Waals surface area contributed by atoms with Crippen molar-refractivity contribution in [3.63, 3.8) is 0 Å². The summed E-state index contributed by atoms with van der Waals surface area (Å²) >= 11 is 1.72. The molecule has 0 aliphatic carbocycles. The Morgan fingerprint density at radius 2 is 2.00 bits per heavy atom. The Balaban J connectivity index is 1.77. The Morgan fingerprint density at radius 1 is 1.25 bits per heavy atom. The van der Waals surface area contributed by atoms with Gasteiger partial charge in [0.2, 0.25) is 5.89 Å². The SMILES string of the molecule is Cc1cc(C)cc(Cc2noc(C3CSCC3O)n2)c1. The topological polar surface area (TPSA) is 59.2 Å². The van der Waals surface area contributed by atoms with Crippen molar-refractivity contribution in [3.8, 4) is 0 Å². The van der Waals surface area contributed by atoms with Crippen molar-refractivity contribution < 1.29 is 9.63 Å². The summed E-state index contributed by atoms with van der Waals surface area (Å²) in [5.74, 6) is 2.85. The molecule has 1 aromatic heterocycles. The second-order valence-corrected chi connectivity index (χ2v) is 6.51. The van der Waals surface area contributed by atoms with Gasteiger partial charge in [-0.2, -0.15) is 16.7 Å². The smallest absolute Gasteiger partial charge is 0.233 e. The lowest BCUT2D eigenvalue weighted by molar-refractivity contribution is 0.164. The van der Waals surface area contributed by atoms with Crippen LogP contribution < -0.4 is 0 Å². The van der Waals surface area contributed by atoms with Gasteiger partial charge in [0, 0.05) is 17.9 Å². The lowest BCUT2D eigenvalue weighted by Crippen LogP contribution is -2.15. The molecule has 1 aliphatic heterocycles. The van der Waals surface area contributed by atoms with Gasteiger partial charge in [-0.15, -0.1) is 0 Å². The number of aliphatic hydroxyl groups is 1. The largest absolute Gasteiger partial charge is 0.391 e. The van der Waals surface area contributed by atoms with Gasteiger partial charge in [0.25, 0.3) is 0 Å². The normalized spacial score (nSPS) is 22.4. The Kier molecular flexibility index (Phi) is 3.81. The van der Waals surface area contributed by atoms with Gasteiger partial charge in [-0.25, -0.2) is 0 Å². The van der Waals surface area contributed by atoms with Crippen LogP contribution in [0.4, 0.5) is 0 Å². The summed E-state index contributed by atoms with van der Waals surface area (Å²) in [7, 11) is 0. The maximum atomic E-state index is 9.87. The highest BCUT2D eigenvalue weighted by Gasteiger charge is 2.31. The summed E-state index contributed by atoms with van der Waals surface area (Å²) in [4.78, 5) is 4.45. The van der Waals surface area contributed by atoms with Crippen molar-refractivity contribution >= 4 is 11.8 Å². The number of aryl methyl sites for hydroxylation is 2. The van der Waals surface area contributed by atoms with Gasteiger partial charge in [0.15, 0.2) is 5.82 Å². The van der Waals surface area contributed by atoms with Crippen LogP contribution in [0.1, 0.15) is 34.3 Å². The molecule has 0 bridgehead atoms. The molecule has 1 fully saturated rings. The third-order valence-corrected chi connectivity index (χ3v) is 4.67. The Hall–Kier alpha value is -1.33. The molecule has 20 heavy (non-hydrogen) atoms. The molecule has 0 radical (unpaired) electrons. The fraction of sp³-hybridized carbons (Fsp3) is 0.467. The van der Waals surface area contributed by atoms with E-state index in [1.807, 2.05) is 0 Å². The van der Waals surface area contributed by atoms with E-state index < -0.39 is 0 Å². The summed E-state index contributed by atoms with van der Waals surface area (Å²) in [6, 6.07) is 6.43. The number of aromatic nitrogens is 2. The third-order valence-electron chi connectivity index (χ3n) is 3.50. The highest BCUT2D eigenvalue weighted by Crippen LogP contribution is 2.31. The zero-order chi connectivity index (χ0) is 14.1. The van der Waals surface area contributed by atoms with Crippen LogP contribution in [-0.2, 0) is 6.42 Å². The van der Waals surface area contributed by atoms with Gasteiger partial charge in [0.1, 0.15) is 0 Å². The predicted octanol–water partition coefficient (Wildman–Crippen LogP) is 2.47. The first-order valence-corrected chi connectivity index (χ1v) is 7.93. The quantitative estimate of drug-likeness (QED) is 0.941. The maximum absolute atomic E-state index is 9.87. The fourth-order valence-electron chi connectivity index (χ4n) is 2.62. The average molecular weight is 290 g/mol. The zero-order valence-electron chi connectivity index (χ0n) is 11.7. The fourth-order valence-corrected chi connectivity index (χ4v) is 3.85. The van der Waals surface area contributed by atoms with E-state index in [1.54, 1.807) is 11.8 Å². The molecule has 0 saturated carbocycles. The van der Waals surface area contributed by atoms with E-state index >= 15 is 0 Å².